The van der Waals surface area contributed by atoms with E-state index in [1.807, 2.05) is 25.1 Å². The summed E-state index contributed by atoms with van der Waals surface area (Å²) < 4.78 is 17.2. The van der Waals surface area contributed by atoms with Crippen LogP contribution in [0.3, 0.4) is 0 Å². The van der Waals surface area contributed by atoms with Gasteiger partial charge >= 0.3 is 5.88 Å². The molecule has 1 fully saturated rings. The number of nitro groups is 1. The zero-order chi connectivity index (χ0) is 20.4. The summed E-state index contributed by atoms with van der Waals surface area (Å²) in [5, 5.41) is 11.4. The number of fused-ring (bicyclic) bond motifs is 1. The lowest BCUT2D eigenvalue weighted by Gasteiger charge is -2.21. The van der Waals surface area contributed by atoms with Crippen molar-refractivity contribution in [3.8, 4) is 5.75 Å². The fourth-order valence-corrected chi connectivity index (χ4v) is 4.18. The van der Waals surface area contributed by atoms with E-state index in [0.717, 1.165) is 28.8 Å². The van der Waals surface area contributed by atoms with Crippen LogP contribution in [0.4, 0.5) is 11.0 Å². The first-order chi connectivity index (χ1) is 14.0. The zero-order valence-corrected chi connectivity index (χ0v) is 16.5. The summed E-state index contributed by atoms with van der Waals surface area (Å²) in [6.45, 7) is 3.41. The van der Waals surface area contributed by atoms with Crippen LogP contribution >= 0.6 is 11.3 Å². The van der Waals surface area contributed by atoms with Crippen LogP contribution in [0, 0.1) is 10.1 Å². The van der Waals surface area contributed by atoms with Crippen LogP contribution in [0.25, 0.3) is 10.2 Å². The highest BCUT2D eigenvalue weighted by molar-refractivity contribution is 7.22. The number of aromatic nitrogens is 1. The van der Waals surface area contributed by atoms with Gasteiger partial charge in [0.05, 0.1) is 35.5 Å². The monoisotopic (exact) mass is 417 g/mol. The van der Waals surface area contributed by atoms with Crippen molar-refractivity contribution >= 4 is 38.5 Å². The molecule has 3 aromatic rings. The third-order valence-electron chi connectivity index (χ3n) is 4.53. The number of rotatable bonds is 7. The molecule has 0 aliphatic carbocycles. The molecule has 0 saturated carbocycles. The summed E-state index contributed by atoms with van der Waals surface area (Å²) in [5.41, 5.74) is 0.740. The molecule has 1 aliphatic heterocycles. The summed E-state index contributed by atoms with van der Waals surface area (Å²) in [4.78, 5) is 29.4. The number of benzene rings is 1. The molecular formula is C19H19N3O6S. The maximum absolute atomic E-state index is 13.1. The van der Waals surface area contributed by atoms with E-state index in [9.17, 15) is 14.9 Å². The van der Waals surface area contributed by atoms with Crippen molar-refractivity contribution in [3.05, 3.63) is 46.2 Å². The second kappa shape index (κ2) is 8.18. The van der Waals surface area contributed by atoms with Crippen molar-refractivity contribution in [2.24, 2.45) is 0 Å². The molecule has 152 valence electrons. The van der Waals surface area contributed by atoms with Crippen molar-refractivity contribution < 1.29 is 23.6 Å². The molecule has 0 N–H and O–H groups in total. The first-order valence-corrected chi connectivity index (χ1v) is 10.1. The molecule has 3 heterocycles. The first-order valence-electron chi connectivity index (χ1n) is 9.26. The maximum atomic E-state index is 13.1. The Morgan fingerprint density at radius 2 is 2.28 bits per heavy atom. The number of amides is 1. The number of anilines is 1. The molecule has 2 aromatic heterocycles. The topological polar surface area (TPSA) is 108 Å². The normalized spacial score (nSPS) is 16.2. The summed E-state index contributed by atoms with van der Waals surface area (Å²) in [6.07, 6.45) is 1.65. The molecule has 1 aliphatic rings. The SMILES string of the molecule is CCOc1ccc2nc(N(CC3CCCO3)C(=O)c3ccc([N+](=O)[O-])o3)sc2c1. The number of furan rings is 1. The van der Waals surface area contributed by atoms with Gasteiger partial charge in [0, 0.05) is 6.61 Å². The highest BCUT2D eigenvalue weighted by Gasteiger charge is 2.30. The van der Waals surface area contributed by atoms with Gasteiger partial charge in [0.2, 0.25) is 0 Å². The van der Waals surface area contributed by atoms with Gasteiger partial charge in [0.15, 0.2) is 10.9 Å². The minimum Gasteiger partial charge on any atom is -0.494 e. The molecule has 0 spiro atoms. The molecule has 1 amide bonds. The van der Waals surface area contributed by atoms with Gasteiger partial charge in [-0.25, -0.2) is 4.98 Å². The van der Waals surface area contributed by atoms with Crippen LogP contribution in [0.5, 0.6) is 5.75 Å². The van der Waals surface area contributed by atoms with Gasteiger partial charge in [0.1, 0.15) is 10.7 Å². The lowest BCUT2D eigenvalue weighted by atomic mass is 10.2. The van der Waals surface area contributed by atoms with Gasteiger partial charge < -0.3 is 13.9 Å². The van der Waals surface area contributed by atoms with E-state index < -0.39 is 16.7 Å². The maximum Gasteiger partial charge on any atom is 0.433 e. The predicted molar refractivity (Wildman–Crippen MR) is 107 cm³/mol. The van der Waals surface area contributed by atoms with Gasteiger partial charge in [-0.2, -0.15) is 0 Å². The van der Waals surface area contributed by atoms with Gasteiger partial charge in [-0.05, 0) is 44.0 Å². The van der Waals surface area contributed by atoms with E-state index in [-0.39, 0.29) is 11.9 Å². The molecule has 1 atom stereocenters. The number of carbonyl (C=O) groups is 1. The van der Waals surface area contributed by atoms with Gasteiger partial charge in [-0.15, -0.1) is 0 Å². The largest absolute Gasteiger partial charge is 0.494 e. The van der Waals surface area contributed by atoms with E-state index in [0.29, 0.717) is 24.9 Å². The van der Waals surface area contributed by atoms with E-state index in [1.54, 1.807) is 0 Å². The number of thiazole rings is 1. The van der Waals surface area contributed by atoms with E-state index in [4.69, 9.17) is 13.9 Å². The Morgan fingerprint density at radius 1 is 1.41 bits per heavy atom. The standard InChI is InChI=1S/C19H19N3O6S/c1-2-26-12-5-6-14-16(10-12)29-19(20-14)21(11-13-4-3-9-27-13)18(23)15-7-8-17(28-15)22(24)25/h5-8,10,13H,2-4,9,11H2,1H3. The van der Waals surface area contributed by atoms with Crippen molar-refractivity contribution in [2.45, 2.75) is 25.9 Å². The van der Waals surface area contributed by atoms with Gasteiger partial charge in [-0.3, -0.25) is 19.8 Å². The minimum absolute atomic E-state index is 0.107. The Bertz CT molecular complexity index is 1040. The highest BCUT2D eigenvalue weighted by Crippen LogP contribution is 2.33. The van der Waals surface area contributed by atoms with Crippen LogP contribution in [0.2, 0.25) is 0 Å². The number of ether oxygens (including phenoxy) is 2. The Kier molecular flexibility index (Phi) is 5.45. The van der Waals surface area contributed by atoms with Crippen LogP contribution < -0.4 is 9.64 Å². The second-order valence-electron chi connectivity index (χ2n) is 6.50. The molecule has 1 unspecified atom stereocenters. The van der Waals surface area contributed by atoms with Crippen LogP contribution in [0.15, 0.2) is 34.7 Å². The number of hydrogen-bond acceptors (Lipinski definition) is 8. The van der Waals surface area contributed by atoms with E-state index in [2.05, 4.69) is 4.98 Å². The van der Waals surface area contributed by atoms with Crippen molar-refractivity contribution in [3.63, 3.8) is 0 Å². The molecule has 9 nitrogen and oxygen atoms in total. The van der Waals surface area contributed by atoms with E-state index >= 15 is 0 Å². The molecular weight excluding hydrogens is 398 g/mol. The summed E-state index contributed by atoms with van der Waals surface area (Å²) >= 11 is 1.35. The third-order valence-corrected chi connectivity index (χ3v) is 5.57. The molecule has 4 rings (SSSR count). The number of nitrogens with zero attached hydrogens (tertiary/aromatic N) is 3. The van der Waals surface area contributed by atoms with Crippen LogP contribution in [0.1, 0.15) is 30.3 Å². The van der Waals surface area contributed by atoms with E-state index in [1.165, 1.54) is 28.4 Å². The van der Waals surface area contributed by atoms with Gasteiger partial charge in [-0.1, -0.05) is 11.3 Å². The molecule has 10 heteroatoms. The summed E-state index contributed by atoms with van der Waals surface area (Å²) in [6, 6.07) is 8.03. The zero-order valence-electron chi connectivity index (χ0n) is 15.7. The Morgan fingerprint density at radius 3 is 2.97 bits per heavy atom. The molecule has 0 bridgehead atoms. The van der Waals surface area contributed by atoms with Crippen LogP contribution in [-0.4, -0.2) is 41.7 Å². The van der Waals surface area contributed by atoms with Crippen LogP contribution in [-0.2, 0) is 4.74 Å². The van der Waals surface area contributed by atoms with Crippen molar-refractivity contribution in [1.82, 2.24) is 4.98 Å². The first kappa shape index (κ1) is 19.3. The average molecular weight is 417 g/mol. The Labute approximate surface area is 170 Å². The number of hydrogen-bond donors (Lipinski definition) is 0. The van der Waals surface area contributed by atoms with Crippen molar-refractivity contribution in [2.75, 3.05) is 24.7 Å². The third kappa shape index (κ3) is 4.08. The Hall–Kier alpha value is -2.98. The van der Waals surface area contributed by atoms with Crippen molar-refractivity contribution in [1.29, 1.82) is 0 Å². The molecule has 0 radical (unpaired) electrons. The lowest BCUT2D eigenvalue weighted by Crippen LogP contribution is -2.37. The fraction of sp³-hybridized carbons (Fsp3) is 0.368. The minimum atomic E-state index is -0.672. The highest BCUT2D eigenvalue weighted by atomic mass is 32.1. The van der Waals surface area contributed by atoms with Gasteiger partial charge in [0.25, 0.3) is 5.91 Å². The number of carbonyl (C=O) groups excluding carboxylic acids is 1. The quantitative estimate of drug-likeness (QED) is 0.422. The fourth-order valence-electron chi connectivity index (χ4n) is 3.18. The average Bonchev–Trinajstić information content (AvgIpc) is 3.45. The summed E-state index contributed by atoms with van der Waals surface area (Å²) in [7, 11) is 0. The molecule has 1 saturated heterocycles. The lowest BCUT2D eigenvalue weighted by molar-refractivity contribution is -0.402. The Balaban J connectivity index is 1.68. The molecule has 1 aromatic carbocycles. The molecule has 29 heavy (non-hydrogen) atoms. The smallest absolute Gasteiger partial charge is 0.433 e. The predicted octanol–water partition coefficient (Wildman–Crippen LogP) is 4.02. The summed E-state index contributed by atoms with van der Waals surface area (Å²) in [5.74, 6) is -0.341. The second-order valence-corrected chi connectivity index (χ2v) is 7.51.